The second kappa shape index (κ2) is 8.66. The Kier molecular flexibility index (Phi) is 5.86. The molecule has 0 atom stereocenters. The fourth-order valence-electron chi connectivity index (χ4n) is 5.55. The Hall–Kier alpha value is -3.32. The fraction of sp³-hybridized carbons (Fsp3) is 0.310. The first-order valence-electron chi connectivity index (χ1n) is 12.1. The van der Waals surface area contributed by atoms with Gasteiger partial charge in [0.05, 0.1) is 15.4 Å². The lowest BCUT2D eigenvalue weighted by Gasteiger charge is -2.54. The number of benzene rings is 2. The number of hydrogen-bond donors (Lipinski definition) is 1. The Morgan fingerprint density at radius 2 is 1.69 bits per heavy atom. The monoisotopic (exact) mass is 548 g/mol. The number of nitrogens with zero attached hydrogens (tertiary/aromatic N) is 2. The summed E-state index contributed by atoms with van der Waals surface area (Å²) in [5.41, 5.74) is 2.75. The van der Waals surface area contributed by atoms with Crippen LogP contribution in [0, 0.1) is 0 Å². The van der Waals surface area contributed by atoms with Gasteiger partial charge in [-0.2, -0.15) is 0 Å². The van der Waals surface area contributed by atoms with Crippen LogP contribution >= 0.6 is 15.9 Å². The largest absolute Gasteiger partial charge is 0.465 e. The summed E-state index contributed by atoms with van der Waals surface area (Å²) in [5.74, 6) is 0.611. The molecule has 7 heteroatoms. The first-order chi connectivity index (χ1) is 17.0. The lowest BCUT2D eigenvalue weighted by molar-refractivity contribution is -0.0328. The lowest BCUT2D eigenvalue weighted by Crippen LogP contribution is -2.60. The molecule has 0 unspecified atom stereocenters. The summed E-state index contributed by atoms with van der Waals surface area (Å²) < 4.78 is 8.60. The first kappa shape index (κ1) is 24.4. The van der Waals surface area contributed by atoms with Crippen molar-refractivity contribution >= 4 is 33.0 Å². The zero-order valence-electron chi connectivity index (χ0n) is 20.8. The number of halogens is 1. The maximum atomic E-state index is 13.2. The van der Waals surface area contributed by atoms with Crippen LogP contribution in [0.4, 0.5) is 4.79 Å². The summed E-state index contributed by atoms with van der Waals surface area (Å²) in [6, 6.07) is 17.7. The second-order valence-electron chi connectivity index (χ2n) is 10.5. The molecule has 36 heavy (non-hydrogen) atoms. The van der Waals surface area contributed by atoms with Crippen LogP contribution in [-0.2, 0) is 12.6 Å². The lowest BCUT2D eigenvalue weighted by atomic mass is 9.69. The molecule has 0 bridgehead atoms. The number of pyridine rings is 1. The minimum Gasteiger partial charge on any atom is -0.465 e. The van der Waals surface area contributed by atoms with E-state index in [2.05, 4.69) is 15.9 Å². The zero-order chi connectivity index (χ0) is 25.8. The molecule has 6 nitrogen and oxygen atoms in total. The summed E-state index contributed by atoms with van der Waals surface area (Å²) in [4.78, 5) is 27.1. The van der Waals surface area contributed by atoms with Crippen LogP contribution in [0.25, 0.3) is 33.4 Å². The van der Waals surface area contributed by atoms with Gasteiger partial charge in [-0.15, -0.1) is 0 Å². The van der Waals surface area contributed by atoms with Crippen molar-refractivity contribution in [1.29, 1.82) is 0 Å². The Bertz CT molecular complexity index is 1510. The third-order valence-electron chi connectivity index (χ3n) is 7.18. The van der Waals surface area contributed by atoms with Crippen LogP contribution in [0.1, 0.15) is 45.6 Å². The van der Waals surface area contributed by atoms with Crippen molar-refractivity contribution in [2.24, 2.45) is 7.05 Å². The van der Waals surface area contributed by atoms with E-state index in [-0.39, 0.29) is 5.56 Å². The predicted molar refractivity (Wildman–Crippen MR) is 145 cm³/mol. The third-order valence-corrected chi connectivity index (χ3v) is 7.75. The van der Waals surface area contributed by atoms with Gasteiger partial charge in [0, 0.05) is 29.9 Å². The molecule has 2 aromatic heterocycles. The molecular formula is C29H29BrN2O4. The number of hydrogen-bond acceptors (Lipinski definition) is 3. The van der Waals surface area contributed by atoms with Crippen LogP contribution in [-0.4, -0.2) is 26.2 Å². The molecule has 1 fully saturated rings. The molecule has 0 saturated heterocycles. The highest BCUT2D eigenvalue weighted by Gasteiger charge is 2.50. The number of fused-ring (bicyclic) bond motifs is 1. The molecule has 4 aromatic rings. The van der Waals surface area contributed by atoms with Gasteiger partial charge >= 0.3 is 6.09 Å². The molecular weight excluding hydrogens is 520 g/mol. The highest BCUT2D eigenvalue weighted by atomic mass is 79.9. The second-order valence-corrected chi connectivity index (χ2v) is 11.4. The Morgan fingerprint density at radius 1 is 1.06 bits per heavy atom. The van der Waals surface area contributed by atoms with Crippen molar-refractivity contribution in [2.45, 2.75) is 51.1 Å². The van der Waals surface area contributed by atoms with Gasteiger partial charge in [-0.05, 0) is 67.1 Å². The van der Waals surface area contributed by atoms with Crippen molar-refractivity contribution in [3.8, 4) is 22.5 Å². The molecule has 2 aromatic carbocycles. The Morgan fingerprint density at radius 3 is 2.22 bits per heavy atom. The topological polar surface area (TPSA) is 75.7 Å². The van der Waals surface area contributed by atoms with Crippen molar-refractivity contribution in [3.05, 3.63) is 81.2 Å². The van der Waals surface area contributed by atoms with Gasteiger partial charge in [0.15, 0.2) is 5.58 Å². The molecule has 0 aliphatic heterocycles. The van der Waals surface area contributed by atoms with Crippen molar-refractivity contribution in [1.82, 2.24) is 9.47 Å². The van der Waals surface area contributed by atoms with Crippen LogP contribution in [0.2, 0.25) is 0 Å². The summed E-state index contributed by atoms with van der Waals surface area (Å²) in [6.45, 7) is 5.82. The summed E-state index contributed by atoms with van der Waals surface area (Å²) in [6.07, 6.45) is 3.37. The quantitative estimate of drug-likeness (QED) is 0.288. The molecule has 0 spiro atoms. The highest BCUT2D eigenvalue weighted by molar-refractivity contribution is 9.10. The number of aryl methyl sites for hydroxylation is 1. The maximum absolute atomic E-state index is 13.2. The van der Waals surface area contributed by atoms with Gasteiger partial charge in [-0.25, -0.2) is 4.79 Å². The standard InChI is InChI=1S/C29H29BrN2O4/c1-28(2,3)32(27(34)35)29(15-8-16-29)20-13-11-19(12-14-20)24-22(18-9-6-5-7-10-18)23-25(36-24)21(30)17-31(4)26(23)33/h5-7,9-14,17H,8,15-16H2,1-4H3,(H,34,35). The van der Waals surface area contributed by atoms with Crippen molar-refractivity contribution < 1.29 is 14.3 Å². The van der Waals surface area contributed by atoms with E-state index in [1.165, 1.54) is 0 Å². The first-order valence-corrected chi connectivity index (χ1v) is 12.8. The third kappa shape index (κ3) is 3.77. The van der Waals surface area contributed by atoms with Gasteiger partial charge in [0.1, 0.15) is 5.76 Å². The fourth-order valence-corrected chi connectivity index (χ4v) is 6.13. The van der Waals surface area contributed by atoms with Crippen molar-refractivity contribution in [3.63, 3.8) is 0 Å². The van der Waals surface area contributed by atoms with Crippen LogP contribution in [0.15, 0.2) is 74.5 Å². The summed E-state index contributed by atoms with van der Waals surface area (Å²) >= 11 is 3.56. The smallest absolute Gasteiger partial charge is 0.408 e. The van der Waals surface area contributed by atoms with E-state index in [1.54, 1.807) is 22.7 Å². The summed E-state index contributed by atoms with van der Waals surface area (Å²) in [7, 11) is 1.73. The average molecular weight is 549 g/mol. The SMILES string of the molecule is Cn1cc(Br)c2oc(-c3ccc(C4(N(C(=O)O)C(C)(C)C)CCC4)cc3)c(-c3ccccc3)c2c1=O. The number of furan rings is 1. The minimum atomic E-state index is -0.907. The molecule has 1 N–H and O–H groups in total. The van der Waals surface area contributed by atoms with E-state index in [9.17, 15) is 14.7 Å². The number of aromatic nitrogens is 1. The van der Waals surface area contributed by atoms with Crippen LogP contribution < -0.4 is 5.56 Å². The van der Waals surface area contributed by atoms with Crippen LogP contribution in [0.5, 0.6) is 0 Å². The molecule has 186 valence electrons. The highest BCUT2D eigenvalue weighted by Crippen LogP contribution is 2.50. The number of amides is 1. The maximum Gasteiger partial charge on any atom is 0.408 e. The number of carboxylic acid groups (broad SMARTS) is 1. The van der Waals surface area contributed by atoms with Gasteiger partial charge < -0.3 is 14.1 Å². The van der Waals surface area contributed by atoms with Crippen LogP contribution in [0.3, 0.4) is 0 Å². The van der Waals surface area contributed by atoms with E-state index >= 15 is 0 Å². The Balaban J connectivity index is 1.68. The van der Waals surface area contributed by atoms with E-state index in [0.29, 0.717) is 21.2 Å². The van der Waals surface area contributed by atoms with Gasteiger partial charge in [0.25, 0.3) is 5.56 Å². The van der Waals surface area contributed by atoms with E-state index in [4.69, 9.17) is 4.42 Å². The normalized spacial score (nSPS) is 15.0. The van der Waals surface area contributed by atoms with E-state index in [0.717, 1.165) is 41.5 Å². The predicted octanol–water partition coefficient (Wildman–Crippen LogP) is 7.39. The minimum absolute atomic E-state index is 0.130. The number of carbonyl (C=O) groups is 1. The van der Waals surface area contributed by atoms with Gasteiger partial charge in [-0.1, -0.05) is 54.6 Å². The molecule has 1 aliphatic carbocycles. The molecule has 2 heterocycles. The number of rotatable bonds is 4. The Labute approximate surface area is 218 Å². The van der Waals surface area contributed by atoms with E-state index in [1.807, 2.05) is 75.4 Å². The molecule has 1 aliphatic rings. The van der Waals surface area contributed by atoms with Gasteiger partial charge in [0.2, 0.25) is 0 Å². The van der Waals surface area contributed by atoms with Crippen molar-refractivity contribution in [2.75, 3.05) is 0 Å². The van der Waals surface area contributed by atoms with Gasteiger partial charge in [-0.3, -0.25) is 9.69 Å². The molecule has 1 saturated carbocycles. The molecule has 5 rings (SSSR count). The average Bonchev–Trinajstić information content (AvgIpc) is 3.21. The van der Waals surface area contributed by atoms with E-state index < -0.39 is 17.2 Å². The zero-order valence-corrected chi connectivity index (χ0v) is 22.4. The summed E-state index contributed by atoms with van der Waals surface area (Å²) in [5, 5.41) is 10.6. The molecule has 0 radical (unpaired) electrons. The molecule has 1 amide bonds.